The van der Waals surface area contributed by atoms with Gasteiger partial charge < -0.3 is 5.32 Å². The molecule has 2 aromatic heterocycles. The third-order valence-corrected chi connectivity index (χ3v) is 4.57. The molecule has 0 bridgehead atoms. The van der Waals surface area contributed by atoms with Crippen LogP contribution >= 0.6 is 11.3 Å². The summed E-state index contributed by atoms with van der Waals surface area (Å²) in [7, 11) is 0. The zero-order valence-corrected chi connectivity index (χ0v) is 13.3. The Labute approximate surface area is 136 Å². The number of hydrogen-bond acceptors (Lipinski definition) is 3. The Balaban J connectivity index is 1.92. The van der Waals surface area contributed by atoms with Gasteiger partial charge in [0.25, 0.3) is 5.91 Å². The van der Waals surface area contributed by atoms with Gasteiger partial charge in [-0.2, -0.15) is 5.10 Å². The minimum atomic E-state index is -0.265. The number of nitrogens with zero attached hydrogens (tertiary/aromatic N) is 2. The second-order valence-corrected chi connectivity index (χ2v) is 6.12. The van der Waals surface area contributed by atoms with Gasteiger partial charge in [-0.3, -0.25) is 9.48 Å². The number of thiophene rings is 1. The lowest BCUT2D eigenvalue weighted by Gasteiger charge is -2.03. The van der Waals surface area contributed by atoms with Crippen molar-refractivity contribution in [2.45, 2.75) is 13.5 Å². The van der Waals surface area contributed by atoms with Crippen molar-refractivity contribution < 1.29 is 9.18 Å². The van der Waals surface area contributed by atoms with Gasteiger partial charge in [0.05, 0.1) is 23.7 Å². The molecule has 6 heteroatoms. The number of halogens is 1. The molecule has 0 radical (unpaired) electrons. The van der Waals surface area contributed by atoms with Gasteiger partial charge in [-0.15, -0.1) is 17.8 Å². The summed E-state index contributed by atoms with van der Waals surface area (Å²) in [5.41, 5.74) is 1.80. The minimum Gasteiger partial charge on any atom is -0.340 e. The lowest BCUT2D eigenvalue weighted by molar-refractivity contribution is 0.0963. The molecule has 0 saturated carbocycles. The highest BCUT2D eigenvalue weighted by Crippen LogP contribution is 2.28. The normalized spacial score (nSPS) is 10.7. The molecule has 0 atom stereocenters. The smallest absolute Gasteiger partial charge is 0.262 e. The zero-order chi connectivity index (χ0) is 16.4. The number of benzene rings is 1. The largest absolute Gasteiger partial charge is 0.340 e. The maximum atomic E-state index is 13.0. The molecule has 0 saturated heterocycles. The number of carbonyl (C=O) groups excluding carboxylic acids is 1. The van der Waals surface area contributed by atoms with E-state index in [9.17, 15) is 9.18 Å². The Kier molecular flexibility index (Phi) is 4.13. The van der Waals surface area contributed by atoms with Crippen molar-refractivity contribution >= 4 is 27.5 Å². The molecular weight excluding hydrogens is 313 g/mol. The number of aryl methyl sites for hydroxylation is 1. The van der Waals surface area contributed by atoms with Crippen molar-refractivity contribution in [1.82, 2.24) is 15.1 Å². The van der Waals surface area contributed by atoms with E-state index in [1.54, 1.807) is 12.1 Å². The van der Waals surface area contributed by atoms with Gasteiger partial charge in [0.2, 0.25) is 0 Å². The summed E-state index contributed by atoms with van der Waals surface area (Å²) in [6, 6.07) is 8.14. The van der Waals surface area contributed by atoms with Gasteiger partial charge in [0.1, 0.15) is 10.6 Å². The Bertz CT molecular complexity index is 902. The Morgan fingerprint density at radius 2 is 2.17 bits per heavy atom. The molecule has 0 spiro atoms. The fourth-order valence-corrected chi connectivity index (χ4v) is 3.39. The summed E-state index contributed by atoms with van der Waals surface area (Å²) < 4.78 is 14.8. The number of terminal acetylenes is 1. The number of aromatic nitrogens is 2. The van der Waals surface area contributed by atoms with Crippen LogP contribution in [0.4, 0.5) is 4.39 Å². The van der Waals surface area contributed by atoms with Crippen molar-refractivity contribution in [3.63, 3.8) is 0 Å². The van der Waals surface area contributed by atoms with E-state index in [1.807, 2.05) is 17.7 Å². The van der Waals surface area contributed by atoms with Crippen LogP contribution in [-0.2, 0) is 6.54 Å². The quantitative estimate of drug-likeness (QED) is 0.749. The van der Waals surface area contributed by atoms with Crippen molar-refractivity contribution in [2.75, 3.05) is 6.54 Å². The van der Waals surface area contributed by atoms with Crippen molar-refractivity contribution in [3.8, 4) is 12.3 Å². The summed E-state index contributed by atoms with van der Waals surface area (Å²) in [6.45, 7) is 2.63. The molecule has 4 nitrogen and oxygen atoms in total. The first-order valence-corrected chi connectivity index (χ1v) is 7.83. The van der Waals surface area contributed by atoms with Crippen LogP contribution in [0.15, 0.2) is 30.3 Å². The van der Waals surface area contributed by atoms with Gasteiger partial charge in [-0.1, -0.05) is 18.1 Å². The highest BCUT2D eigenvalue weighted by molar-refractivity contribution is 7.20. The first-order valence-electron chi connectivity index (χ1n) is 7.01. The van der Waals surface area contributed by atoms with E-state index in [4.69, 9.17) is 6.42 Å². The third-order valence-electron chi connectivity index (χ3n) is 3.43. The van der Waals surface area contributed by atoms with Crippen LogP contribution < -0.4 is 5.32 Å². The molecule has 0 fully saturated rings. The zero-order valence-electron chi connectivity index (χ0n) is 12.5. The topological polar surface area (TPSA) is 46.9 Å². The summed E-state index contributed by atoms with van der Waals surface area (Å²) in [6.07, 6.45) is 5.15. The average molecular weight is 327 g/mol. The molecule has 23 heavy (non-hydrogen) atoms. The van der Waals surface area contributed by atoms with Crippen LogP contribution in [-0.4, -0.2) is 22.2 Å². The maximum absolute atomic E-state index is 13.0. The Hall–Kier alpha value is -2.65. The molecule has 1 amide bonds. The minimum absolute atomic E-state index is 0.183. The van der Waals surface area contributed by atoms with E-state index in [-0.39, 0.29) is 18.3 Å². The summed E-state index contributed by atoms with van der Waals surface area (Å²) in [4.78, 5) is 13.5. The van der Waals surface area contributed by atoms with Crippen molar-refractivity contribution in [3.05, 3.63) is 52.3 Å². The van der Waals surface area contributed by atoms with Gasteiger partial charge in [-0.25, -0.2) is 4.39 Å². The predicted molar refractivity (Wildman–Crippen MR) is 89.0 cm³/mol. The van der Waals surface area contributed by atoms with Crippen molar-refractivity contribution in [2.24, 2.45) is 0 Å². The van der Waals surface area contributed by atoms with Crippen LogP contribution in [0.25, 0.3) is 10.2 Å². The van der Waals surface area contributed by atoms with Gasteiger partial charge >= 0.3 is 0 Å². The van der Waals surface area contributed by atoms with Crippen LogP contribution in [0.2, 0.25) is 0 Å². The van der Waals surface area contributed by atoms with Crippen molar-refractivity contribution in [1.29, 1.82) is 0 Å². The van der Waals surface area contributed by atoms with Crippen LogP contribution in [0, 0.1) is 25.1 Å². The lowest BCUT2D eigenvalue weighted by atomic mass is 10.2. The second-order valence-electron chi connectivity index (χ2n) is 5.09. The molecule has 0 unspecified atom stereocenters. The van der Waals surface area contributed by atoms with Gasteiger partial charge in [0.15, 0.2) is 0 Å². The number of hydrogen-bond donors (Lipinski definition) is 1. The fraction of sp³-hybridized carbons (Fsp3) is 0.176. The third kappa shape index (κ3) is 3.10. The molecule has 1 aromatic carbocycles. The standard InChI is InChI=1S/C17H14FN3OS/c1-3-8-19-16(22)15-9-14-11(2)20-21(17(14)23-15)10-12-4-6-13(18)7-5-12/h1,4-7,9H,8,10H2,2H3,(H,19,22). The first kappa shape index (κ1) is 15.3. The van der Waals surface area contributed by atoms with E-state index in [0.717, 1.165) is 21.5 Å². The van der Waals surface area contributed by atoms with Crippen LogP contribution in [0.1, 0.15) is 20.9 Å². The highest BCUT2D eigenvalue weighted by Gasteiger charge is 2.16. The predicted octanol–water partition coefficient (Wildman–Crippen LogP) is 2.96. The lowest BCUT2D eigenvalue weighted by Crippen LogP contribution is -2.22. The molecule has 3 rings (SSSR count). The first-order chi connectivity index (χ1) is 11.1. The molecule has 0 aliphatic rings. The van der Waals surface area contributed by atoms with E-state index in [2.05, 4.69) is 16.3 Å². The molecule has 3 aromatic rings. The van der Waals surface area contributed by atoms with Crippen LogP contribution in [0.3, 0.4) is 0 Å². The maximum Gasteiger partial charge on any atom is 0.262 e. The highest BCUT2D eigenvalue weighted by atomic mass is 32.1. The Morgan fingerprint density at radius 1 is 1.43 bits per heavy atom. The second kappa shape index (κ2) is 6.23. The molecule has 1 N–H and O–H groups in total. The summed E-state index contributed by atoms with van der Waals surface area (Å²) >= 11 is 1.37. The SMILES string of the molecule is C#CCNC(=O)c1cc2c(C)nn(Cc3ccc(F)cc3)c2s1. The monoisotopic (exact) mass is 327 g/mol. The molecule has 0 aliphatic carbocycles. The fourth-order valence-electron chi connectivity index (χ4n) is 2.31. The average Bonchev–Trinajstić information content (AvgIpc) is 3.09. The number of rotatable bonds is 4. The van der Waals surface area contributed by atoms with E-state index < -0.39 is 0 Å². The summed E-state index contributed by atoms with van der Waals surface area (Å²) in [5, 5.41) is 8.10. The molecule has 116 valence electrons. The summed E-state index contributed by atoms with van der Waals surface area (Å²) in [5.74, 6) is 1.93. The number of fused-ring (bicyclic) bond motifs is 1. The number of nitrogens with one attached hydrogen (secondary N) is 1. The van der Waals surface area contributed by atoms with Gasteiger partial charge in [0, 0.05) is 5.39 Å². The molecule has 0 aliphatic heterocycles. The Morgan fingerprint density at radius 3 is 2.87 bits per heavy atom. The van der Waals surface area contributed by atoms with Crippen LogP contribution in [0.5, 0.6) is 0 Å². The number of carbonyl (C=O) groups is 1. The number of amides is 1. The van der Waals surface area contributed by atoms with E-state index in [0.29, 0.717) is 11.4 Å². The van der Waals surface area contributed by atoms with E-state index in [1.165, 1.54) is 23.5 Å². The molecular formula is C17H14FN3OS. The molecule has 2 heterocycles. The van der Waals surface area contributed by atoms with E-state index >= 15 is 0 Å². The van der Waals surface area contributed by atoms with Gasteiger partial charge in [-0.05, 0) is 30.7 Å².